The van der Waals surface area contributed by atoms with Gasteiger partial charge < -0.3 is 5.11 Å². The number of hydrogen-bond donors (Lipinski definition) is 1. The molecule has 0 aliphatic heterocycles. The summed E-state index contributed by atoms with van der Waals surface area (Å²) in [6.07, 6.45) is 3.24. The van der Waals surface area contributed by atoms with Crippen LogP contribution >= 0.6 is 0 Å². The van der Waals surface area contributed by atoms with Gasteiger partial charge in [0.2, 0.25) is 0 Å². The lowest BCUT2D eigenvalue weighted by atomic mass is 9.55. The van der Waals surface area contributed by atoms with E-state index >= 15 is 0 Å². The minimum Gasteiger partial charge on any atom is -0.481 e. The Hall–Kier alpha value is -0.600. The molecule has 3 heteroatoms. The third-order valence-electron chi connectivity index (χ3n) is 4.74. The first kappa shape index (κ1) is 8.69. The molecule has 3 fully saturated rings. The molecule has 0 heterocycles. The summed E-state index contributed by atoms with van der Waals surface area (Å²) in [5.74, 6) is 1.03. The normalized spacial score (nSPS) is 54.1. The van der Waals surface area contributed by atoms with E-state index in [4.69, 9.17) is 5.11 Å². The highest BCUT2D eigenvalue weighted by molar-refractivity contribution is 5.67. The van der Waals surface area contributed by atoms with Crippen LogP contribution in [0, 0.1) is 23.7 Å². The van der Waals surface area contributed by atoms with Gasteiger partial charge in [-0.3, -0.25) is 4.79 Å². The van der Waals surface area contributed by atoms with Crippen LogP contribution in [0.25, 0.3) is 0 Å². The Kier molecular flexibility index (Phi) is 1.55. The van der Waals surface area contributed by atoms with Crippen molar-refractivity contribution < 1.29 is 14.3 Å². The van der Waals surface area contributed by atoms with Crippen molar-refractivity contribution in [3.63, 3.8) is 0 Å². The number of carboxylic acid groups (broad SMARTS) is 1. The Morgan fingerprint density at radius 3 is 2.79 bits per heavy atom. The van der Waals surface area contributed by atoms with Crippen molar-refractivity contribution in [3.8, 4) is 0 Å². The molecule has 0 aromatic rings. The van der Waals surface area contributed by atoms with Gasteiger partial charge in [-0.25, -0.2) is 4.39 Å². The Labute approximate surface area is 82.5 Å². The van der Waals surface area contributed by atoms with E-state index in [0.29, 0.717) is 30.6 Å². The lowest BCUT2D eigenvalue weighted by Gasteiger charge is -2.49. The number of carbonyl (C=O) groups is 1. The molecule has 0 radical (unpaired) electrons. The second-order valence-electron chi connectivity index (χ2n) is 5.35. The van der Waals surface area contributed by atoms with Gasteiger partial charge in [-0.05, 0) is 49.4 Å². The van der Waals surface area contributed by atoms with Crippen LogP contribution in [0.1, 0.15) is 32.1 Å². The van der Waals surface area contributed by atoms with Crippen LogP contribution in [0.15, 0.2) is 0 Å². The van der Waals surface area contributed by atoms with Crippen LogP contribution in [-0.2, 0) is 4.79 Å². The molecule has 14 heavy (non-hydrogen) atoms. The average molecular weight is 198 g/mol. The molecule has 2 nitrogen and oxygen atoms in total. The molecule has 0 amide bonds. The number of rotatable bonds is 2. The fourth-order valence-electron chi connectivity index (χ4n) is 4.22. The largest absolute Gasteiger partial charge is 0.481 e. The fourth-order valence-corrected chi connectivity index (χ4v) is 4.22. The number of fused-ring (bicyclic) bond motifs is 1. The Morgan fingerprint density at radius 1 is 1.36 bits per heavy atom. The quantitative estimate of drug-likeness (QED) is 0.738. The molecule has 0 saturated heterocycles. The minimum absolute atomic E-state index is 0.266. The van der Waals surface area contributed by atoms with E-state index in [1.807, 2.05) is 0 Å². The highest BCUT2D eigenvalue weighted by atomic mass is 19.1. The highest BCUT2D eigenvalue weighted by Crippen LogP contribution is 2.66. The molecule has 78 valence electrons. The zero-order valence-electron chi connectivity index (χ0n) is 8.08. The summed E-state index contributed by atoms with van der Waals surface area (Å²) in [5.41, 5.74) is -0.918. The summed E-state index contributed by atoms with van der Waals surface area (Å²) >= 11 is 0. The van der Waals surface area contributed by atoms with Crippen molar-refractivity contribution in [2.75, 3.05) is 0 Å². The van der Waals surface area contributed by atoms with Crippen molar-refractivity contribution >= 4 is 5.97 Å². The predicted octanol–water partition coefficient (Wildman–Crippen LogP) is 2.24. The van der Waals surface area contributed by atoms with E-state index in [1.54, 1.807) is 0 Å². The number of alkyl halides is 1. The van der Waals surface area contributed by atoms with Gasteiger partial charge in [-0.1, -0.05) is 0 Å². The molecule has 3 aliphatic carbocycles. The van der Waals surface area contributed by atoms with Crippen molar-refractivity contribution in [1.82, 2.24) is 0 Å². The molecular weight excluding hydrogens is 183 g/mol. The summed E-state index contributed by atoms with van der Waals surface area (Å²) in [4.78, 5) is 10.7. The fraction of sp³-hybridized carbons (Fsp3) is 0.909. The molecule has 0 aromatic carbocycles. The van der Waals surface area contributed by atoms with Crippen LogP contribution < -0.4 is 0 Å². The molecule has 0 aromatic heterocycles. The van der Waals surface area contributed by atoms with Crippen LogP contribution in [0.4, 0.5) is 4.39 Å². The van der Waals surface area contributed by atoms with E-state index in [1.165, 1.54) is 0 Å². The molecule has 0 unspecified atom stereocenters. The second kappa shape index (κ2) is 2.50. The molecule has 5 atom stereocenters. The smallest absolute Gasteiger partial charge is 0.303 e. The Morgan fingerprint density at radius 2 is 2.07 bits per heavy atom. The van der Waals surface area contributed by atoms with Gasteiger partial charge in [0.15, 0.2) is 0 Å². The zero-order valence-corrected chi connectivity index (χ0v) is 8.08. The first-order valence-corrected chi connectivity index (χ1v) is 5.50. The molecule has 3 aliphatic rings. The second-order valence-corrected chi connectivity index (χ2v) is 5.35. The Balaban J connectivity index is 1.78. The Bertz CT molecular complexity index is 291. The van der Waals surface area contributed by atoms with Crippen LogP contribution in [0.2, 0.25) is 0 Å². The maximum absolute atomic E-state index is 14.0. The van der Waals surface area contributed by atoms with Crippen molar-refractivity contribution in [1.29, 1.82) is 0 Å². The third kappa shape index (κ3) is 0.984. The SMILES string of the molecule is O=C(O)C[C@H]1[C@H]2CC[C@]3(F)C[C@H]2[C@H]1C3. The van der Waals surface area contributed by atoms with E-state index in [0.717, 1.165) is 12.8 Å². The van der Waals surface area contributed by atoms with Gasteiger partial charge in [0.25, 0.3) is 0 Å². The summed E-state index contributed by atoms with van der Waals surface area (Å²) in [5, 5.41) is 8.77. The lowest BCUT2D eigenvalue weighted by Crippen LogP contribution is -2.45. The first-order valence-electron chi connectivity index (χ1n) is 5.50. The van der Waals surface area contributed by atoms with Crippen LogP contribution in [0.5, 0.6) is 0 Å². The van der Waals surface area contributed by atoms with E-state index in [-0.39, 0.29) is 12.3 Å². The monoisotopic (exact) mass is 198 g/mol. The summed E-state index contributed by atoms with van der Waals surface area (Å²) < 4.78 is 14.0. The van der Waals surface area contributed by atoms with Crippen molar-refractivity contribution in [3.05, 3.63) is 0 Å². The van der Waals surface area contributed by atoms with Gasteiger partial charge in [0.05, 0.1) is 0 Å². The van der Waals surface area contributed by atoms with Crippen LogP contribution in [0.3, 0.4) is 0 Å². The molecular formula is C11H15FO2. The van der Waals surface area contributed by atoms with Gasteiger partial charge in [-0.2, -0.15) is 0 Å². The molecule has 3 saturated carbocycles. The molecule has 0 spiro atoms. The van der Waals surface area contributed by atoms with Crippen LogP contribution in [-0.4, -0.2) is 16.7 Å². The molecule has 3 rings (SSSR count). The summed E-state index contributed by atoms with van der Waals surface area (Å²) in [6, 6.07) is 0. The van der Waals surface area contributed by atoms with Gasteiger partial charge in [0, 0.05) is 6.42 Å². The number of halogens is 1. The van der Waals surface area contributed by atoms with Gasteiger partial charge in [0.1, 0.15) is 5.67 Å². The molecule has 1 N–H and O–H groups in total. The highest BCUT2D eigenvalue weighted by Gasteiger charge is 2.63. The summed E-state index contributed by atoms with van der Waals surface area (Å²) in [6.45, 7) is 0. The predicted molar refractivity (Wildman–Crippen MR) is 48.5 cm³/mol. The van der Waals surface area contributed by atoms with Gasteiger partial charge >= 0.3 is 5.97 Å². The molecule has 2 bridgehead atoms. The average Bonchev–Trinajstić information content (AvgIpc) is 2.24. The van der Waals surface area contributed by atoms with E-state index in [9.17, 15) is 9.18 Å². The van der Waals surface area contributed by atoms with E-state index < -0.39 is 11.6 Å². The van der Waals surface area contributed by atoms with Gasteiger partial charge in [-0.15, -0.1) is 0 Å². The number of hydrogen-bond acceptors (Lipinski definition) is 1. The summed E-state index contributed by atoms with van der Waals surface area (Å²) in [7, 11) is 0. The standard InChI is InChI=1S/C11H15FO2/c12-11-2-1-6-7(3-10(13)14)9(5-11)8(6)4-11/h6-9H,1-5H2,(H,13,14)/t6-,7+,8-,9+,11+/m1/s1. The number of aliphatic carboxylic acids is 1. The van der Waals surface area contributed by atoms with Crippen molar-refractivity contribution in [2.45, 2.75) is 37.8 Å². The lowest BCUT2D eigenvalue weighted by molar-refractivity contribution is -0.142. The van der Waals surface area contributed by atoms with Crippen molar-refractivity contribution in [2.24, 2.45) is 23.7 Å². The number of carboxylic acids is 1. The first-order chi connectivity index (χ1) is 6.59. The zero-order chi connectivity index (χ0) is 9.92. The maximum atomic E-state index is 14.0. The van der Waals surface area contributed by atoms with E-state index in [2.05, 4.69) is 0 Å². The minimum atomic E-state index is -0.918. The third-order valence-corrected chi connectivity index (χ3v) is 4.74. The maximum Gasteiger partial charge on any atom is 0.303 e. The topological polar surface area (TPSA) is 37.3 Å².